The summed E-state index contributed by atoms with van der Waals surface area (Å²) in [5.41, 5.74) is 0. The van der Waals surface area contributed by atoms with Crippen LogP contribution in [0.3, 0.4) is 0 Å². The SMILES string of the molecule is Ic1cnc(CNC2C=CCCC2)s1. The summed E-state index contributed by atoms with van der Waals surface area (Å²) >= 11 is 4.07. The zero-order chi connectivity index (χ0) is 9.80. The highest BCUT2D eigenvalue weighted by Crippen LogP contribution is 2.16. The van der Waals surface area contributed by atoms with E-state index in [0.29, 0.717) is 6.04 Å². The van der Waals surface area contributed by atoms with Gasteiger partial charge >= 0.3 is 0 Å². The molecule has 0 aromatic carbocycles. The number of nitrogens with zero attached hydrogens (tertiary/aromatic N) is 1. The summed E-state index contributed by atoms with van der Waals surface area (Å²) < 4.78 is 1.26. The molecule has 1 aromatic rings. The minimum absolute atomic E-state index is 0.560. The molecule has 0 amide bonds. The van der Waals surface area contributed by atoms with E-state index in [1.54, 1.807) is 11.3 Å². The lowest BCUT2D eigenvalue weighted by Crippen LogP contribution is -2.27. The largest absolute Gasteiger partial charge is 0.304 e. The lowest BCUT2D eigenvalue weighted by molar-refractivity contribution is 0.521. The predicted octanol–water partition coefficient (Wildman–Crippen LogP) is 2.95. The Morgan fingerprint density at radius 3 is 3.21 bits per heavy atom. The number of nitrogens with one attached hydrogen (secondary N) is 1. The fourth-order valence-corrected chi connectivity index (χ4v) is 3.06. The topological polar surface area (TPSA) is 24.9 Å². The first-order chi connectivity index (χ1) is 6.84. The molecule has 0 saturated carbocycles. The van der Waals surface area contributed by atoms with Crippen LogP contribution in [0.2, 0.25) is 0 Å². The van der Waals surface area contributed by atoms with E-state index >= 15 is 0 Å². The molecule has 0 radical (unpaired) electrons. The fraction of sp³-hybridized carbons (Fsp3) is 0.500. The summed E-state index contributed by atoms with van der Waals surface area (Å²) in [5.74, 6) is 0. The van der Waals surface area contributed by atoms with Crippen LogP contribution in [0.4, 0.5) is 0 Å². The molecule has 14 heavy (non-hydrogen) atoms. The van der Waals surface area contributed by atoms with E-state index in [1.165, 1.54) is 27.2 Å². The summed E-state index contributed by atoms with van der Waals surface area (Å²) in [6, 6.07) is 0.560. The van der Waals surface area contributed by atoms with Gasteiger partial charge in [-0.2, -0.15) is 0 Å². The van der Waals surface area contributed by atoms with E-state index in [-0.39, 0.29) is 0 Å². The highest BCUT2D eigenvalue weighted by Gasteiger charge is 2.08. The molecular formula is C10H13IN2S. The Hall–Kier alpha value is 0.0600. The first kappa shape index (κ1) is 10.6. The van der Waals surface area contributed by atoms with Gasteiger partial charge in [0.15, 0.2) is 0 Å². The smallest absolute Gasteiger partial charge is 0.107 e. The first-order valence-electron chi connectivity index (χ1n) is 4.85. The van der Waals surface area contributed by atoms with Crippen LogP contribution in [0.25, 0.3) is 0 Å². The van der Waals surface area contributed by atoms with Gasteiger partial charge < -0.3 is 5.32 Å². The summed E-state index contributed by atoms with van der Waals surface area (Å²) in [6.07, 6.45) is 10.3. The molecule has 1 aliphatic carbocycles. The fourth-order valence-electron chi connectivity index (χ4n) is 1.57. The molecule has 2 nitrogen and oxygen atoms in total. The Morgan fingerprint density at radius 2 is 2.57 bits per heavy atom. The van der Waals surface area contributed by atoms with E-state index in [0.717, 1.165) is 6.54 Å². The van der Waals surface area contributed by atoms with Crippen molar-refractivity contribution in [2.75, 3.05) is 0 Å². The van der Waals surface area contributed by atoms with Gasteiger partial charge in [-0.05, 0) is 41.9 Å². The Kier molecular flexibility index (Phi) is 3.95. The average molecular weight is 320 g/mol. The second-order valence-corrected chi connectivity index (χ2v) is 6.41. The van der Waals surface area contributed by atoms with Crippen molar-refractivity contribution < 1.29 is 0 Å². The van der Waals surface area contributed by atoms with Gasteiger partial charge in [-0.3, -0.25) is 0 Å². The van der Waals surface area contributed by atoms with Crippen LogP contribution in [0, 0.1) is 2.88 Å². The lowest BCUT2D eigenvalue weighted by atomic mass is 10.0. The minimum atomic E-state index is 0.560. The number of allylic oxidation sites excluding steroid dienone is 1. The third-order valence-electron chi connectivity index (χ3n) is 2.30. The van der Waals surface area contributed by atoms with Crippen LogP contribution < -0.4 is 5.32 Å². The molecule has 1 N–H and O–H groups in total. The van der Waals surface area contributed by atoms with Crippen molar-refractivity contribution in [1.82, 2.24) is 10.3 Å². The van der Waals surface area contributed by atoms with Gasteiger partial charge in [0, 0.05) is 12.6 Å². The molecule has 1 unspecified atom stereocenters. The van der Waals surface area contributed by atoms with E-state index in [4.69, 9.17) is 0 Å². The normalized spacial score (nSPS) is 21.4. The number of aromatic nitrogens is 1. The Bertz CT molecular complexity index is 322. The van der Waals surface area contributed by atoms with Crippen molar-refractivity contribution >= 4 is 33.9 Å². The molecule has 1 atom stereocenters. The van der Waals surface area contributed by atoms with Gasteiger partial charge in [0.05, 0.1) is 9.08 Å². The van der Waals surface area contributed by atoms with Crippen molar-refractivity contribution in [2.45, 2.75) is 31.8 Å². The molecular weight excluding hydrogens is 307 g/mol. The van der Waals surface area contributed by atoms with Crippen molar-refractivity contribution in [3.63, 3.8) is 0 Å². The van der Waals surface area contributed by atoms with Crippen molar-refractivity contribution in [2.24, 2.45) is 0 Å². The van der Waals surface area contributed by atoms with E-state index in [2.05, 4.69) is 45.0 Å². The maximum atomic E-state index is 4.32. The first-order valence-corrected chi connectivity index (χ1v) is 6.74. The summed E-state index contributed by atoms with van der Waals surface area (Å²) in [5, 5.41) is 4.70. The molecule has 4 heteroatoms. The molecule has 2 rings (SSSR count). The second kappa shape index (κ2) is 5.23. The Labute approximate surface area is 102 Å². The van der Waals surface area contributed by atoms with Gasteiger partial charge in [-0.1, -0.05) is 12.2 Å². The molecule has 0 aliphatic heterocycles. The molecule has 1 aromatic heterocycles. The van der Waals surface area contributed by atoms with Crippen LogP contribution >= 0.6 is 33.9 Å². The summed E-state index contributed by atoms with van der Waals surface area (Å²) in [4.78, 5) is 4.32. The summed E-state index contributed by atoms with van der Waals surface area (Å²) in [6.45, 7) is 0.905. The molecule has 0 spiro atoms. The molecule has 1 heterocycles. The number of thiazole rings is 1. The van der Waals surface area contributed by atoms with Crippen LogP contribution in [0.5, 0.6) is 0 Å². The van der Waals surface area contributed by atoms with E-state index < -0.39 is 0 Å². The maximum absolute atomic E-state index is 4.32. The monoisotopic (exact) mass is 320 g/mol. The van der Waals surface area contributed by atoms with Gasteiger partial charge in [0.2, 0.25) is 0 Å². The summed E-state index contributed by atoms with van der Waals surface area (Å²) in [7, 11) is 0. The highest BCUT2D eigenvalue weighted by atomic mass is 127. The molecule has 0 fully saturated rings. The van der Waals surface area contributed by atoms with Gasteiger partial charge in [0.1, 0.15) is 5.01 Å². The molecule has 1 aliphatic rings. The quantitative estimate of drug-likeness (QED) is 0.684. The predicted molar refractivity (Wildman–Crippen MR) is 68.4 cm³/mol. The van der Waals surface area contributed by atoms with Gasteiger partial charge in [-0.15, -0.1) is 11.3 Å². The maximum Gasteiger partial charge on any atom is 0.107 e. The third kappa shape index (κ3) is 3.03. The minimum Gasteiger partial charge on any atom is -0.304 e. The number of rotatable bonds is 3. The average Bonchev–Trinajstić information content (AvgIpc) is 2.63. The highest BCUT2D eigenvalue weighted by molar-refractivity contribution is 14.1. The van der Waals surface area contributed by atoms with Crippen LogP contribution in [0.15, 0.2) is 18.3 Å². The Morgan fingerprint density at radius 1 is 1.64 bits per heavy atom. The van der Waals surface area contributed by atoms with Crippen molar-refractivity contribution in [3.05, 3.63) is 26.2 Å². The van der Waals surface area contributed by atoms with E-state index in [1.807, 2.05) is 6.20 Å². The molecule has 0 bridgehead atoms. The van der Waals surface area contributed by atoms with Crippen LogP contribution in [0.1, 0.15) is 24.3 Å². The zero-order valence-electron chi connectivity index (χ0n) is 7.87. The molecule has 76 valence electrons. The Balaban J connectivity index is 1.82. The van der Waals surface area contributed by atoms with Crippen molar-refractivity contribution in [1.29, 1.82) is 0 Å². The van der Waals surface area contributed by atoms with E-state index in [9.17, 15) is 0 Å². The standard InChI is InChI=1S/C10H13IN2S/c11-9-6-13-10(14-9)7-12-8-4-2-1-3-5-8/h2,4,6,8,12H,1,3,5,7H2. The lowest BCUT2D eigenvalue weighted by Gasteiger charge is -2.16. The zero-order valence-corrected chi connectivity index (χ0v) is 10.8. The van der Waals surface area contributed by atoms with Crippen LogP contribution in [-0.4, -0.2) is 11.0 Å². The second-order valence-electron chi connectivity index (χ2n) is 3.40. The van der Waals surface area contributed by atoms with Gasteiger partial charge in [-0.25, -0.2) is 4.98 Å². The number of hydrogen-bond donors (Lipinski definition) is 1. The number of hydrogen-bond acceptors (Lipinski definition) is 3. The third-order valence-corrected chi connectivity index (χ3v) is 4.02. The van der Waals surface area contributed by atoms with Gasteiger partial charge in [0.25, 0.3) is 0 Å². The van der Waals surface area contributed by atoms with Crippen LogP contribution in [-0.2, 0) is 6.54 Å². The molecule has 0 saturated heterocycles. The number of halogens is 1. The van der Waals surface area contributed by atoms with Crippen molar-refractivity contribution in [3.8, 4) is 0 Å².